The van der Waals surface area contributed by atoms with Gasteiger partial charge in [-0.3, -0.25) is 0 Å². The highest BCUT2D eigenvalue weighted by Gasteiger charge is 2.23. The van der Waals surface area contributed by atoms with Crippen molar-refractivity contribution in [1.82, 2.24) is 4.90 Å². The van der Waals surface area contributed by atoms with Crippen LogP contribution in [0.25, 0.3) is 0 Å². The van der Waals surface area contributed by atoms with Crippen LogP contribution in [0.4, 0.5) is 4.79 Å². The first-order valence-corrected chi connectivity index (χ1v) is 7.13. The fraction of sp³-hybridized carbons (Fsp3) is 0.235. The summed E-state index contributed by atoms with van der Waals surface area (Å²) in [5.41, 5.74) is 2.72. The van der Waals surface area contributed by atoms with Crippen LogP contribution >= 0.6 is 0 Å². The highest BCUT2D eigenvalue weighted by Crippen LogP contribution is 2.31. The molecule has 22 heavy (non-hydrogen) atoms. The van der Waals surface area contributed by atoms with Crippen LogP contribution < -0.4 is 0 Å². The van der Waals surface area contributed by atoms with Crippen LogP contribution in [-0.2, 0) is 24.3 Å². The van der Waals surface area contributed by atoms with Crippen molar-refractivity contribution in [2.45, 2.75) is 19.6 Å². The zero-order chi connectivity index (χ0) is 15.5. The van der Waals surface area contributed by atoms with Crippen LogP contribution in [0.1, 0.15) is 16.7 Å². The lowest BCUT2D eigenvalue weighted by molar-refractivity contribution is 0.0918. The molecule has 0 unspecified atom stereocenters. The van der Waals surface area contributed by atoms with Crippen molar-refractivity contribution in [2.24, 2.45) is 0 Å². The Labute approximate surface area is 128 Å². The second kappa shape index (κ2) is 5.97. The number of phenols is 2. The summed E-state index contributed by atoms with van der Waals surface area (Å²) in [5, 5.41) is 19.1. The van der Waals surface area contributed by atoms with Gasteiger partial charge in [0.2, 0.25) is 0 Å². The van der Waals surface area contributed by atoms with Crippen LogP contribution in [0.3, 0.4) is 0 Å². The van der Waals surface area contributed by atoms with E-state index in [1.165, 1.54) is 6.07 Å². The molecule has 0 aliphatic carbocycles. The maximum atomic E-state index is 12.1. The van der Waals surface area contributed by atoms with E-state index in [0.717, 1.165) is 16.7 Å². The minimum Gasteiger partial charge on any atom is -0.504 e. The summed E-state index contributed by atoms with van der Waals surface area (Å²) >= 11 is 0. The minimum absolute atomic E-state index is 0.126. The summed E-state index contributed by atoms with van der Waals surface area (Å²) in [6, 6.07) is 12.6. The highest BCUT2D eigenvalue weighted by molar-refractivity contribution is 5.68. The molecular weight excluding hydrogens is 282 g/mol. The molecule has 0 saturated heterocycles. The molecule has 1 aliphatic heterocycles. The topological polar surface area (TPSA) is 70.0 Å². The average molecular weight is 299 g/mol. The van der Waals surface area contributed by atoms with Gasteiger partial charge in [-0.25, -0.2) is 4.79 Å². The van der Waals surface area contributed by atoms with E-state index in [0.29, 0.717) is 19.5 Å². The molecule has 0 fully saturated rings. The van der Waals surface area contributed by atoms with E-state index in [9.17, 15) is 15.0 Å². The summed E-state index contributed by atoms with van der Waals surface area (Å²) in [6.45, 7) is 1.14. The molecule has 1 amide bonds. The Bertz CT molecular complexity index is 685. The number of rotatable bonds is 2. The standard InChI is InChI=1S/C17H17NO4/c19-15-8-13-6-7-18(10-14(13)9-16(15)20)17(21)22-11-12-4-2-1-3-5-12/h1-5,8-9,19-20H,6-7,10-11H2. The van der Waals surface area contributed by atoms with Crippen LogP contribution in [0, 0.1) is 0 Å². The summed E-state index contributed by atoms with van der Waals surface area (Å²) in [5.74, 6) is -0.294. The van der Waals surface area contributed by atoms with Crippen LogP contribution in [-0.4, -0.2) is 27.8 Å². The molecular formula is C17H17NO4. The van der Waals surface area contributed by atoms with E-state index in [1.807, 2.05) is 30.3 Å². The fourth-order valence-corrected chi connectivity index (χ4v) is 2.55. The number of nitrogens with zero attached hydrogens (tertiary/aromatic N) is 1. The zero-order valence-corrected chi connectivity index (χ0v) is 12.0. The number of carbonyl (C=O) groups is 1. The van der Waals surface area contributed by atoms with Crippen molar-refractivity contribution in [3.63, 3.8) is 0 Å². The number of amides is 1. The van der Waals surface area contributed by atoms with E-state index < -0.39 is 0 Å². The van der Waals surface area contributed by atoms with E-state index >= 15 is 0 Å². The van der Waals surface area contributed by atoms with Crippen molar-refractivity contribution in [3.8, 4) is 11.5 Å². The molecule has 1 aliphatic rings. The Morgan fingerprint density at radius 1 is 1.09 bits per heavy atom. The maximum absolute atomic E-state index is 12.1. The van der Waals surface area contributed by atoms with Gasteiger partial charge in [0.1, 0.15) is 6.61 Å². The van der Waals surface area contributed by atoms with Gasteiger partial charge in [-0.1, -0.05) is 30.3 Å². The van der Waals surface area contributed by atoms with Gasteiger partial charge in [0.05, 0.1) is 0 Å². The van der Waals surface area contributed by atoms with Gasteiger partial charge >= 0.3 is 6.09 Å². The molecule has 3 rings (SSSR count). The largest absolute Gasteiger partial charge is 0.504 e. The Kier molecular flexibility index (Phi) is 3.87. The first-order chi connectivity index (χ1) is 10.6. The van der Waals surface area contributed by atoms with Crippen LogP contribution in [0.2, 0.25) is 0 Å². The van der Waals surface area contributed by atoms with Gasteiger partial charge in [-0.15, -0.1) is 0 Å². The molecule has 5 nitrogen and oxygen atoms in total. The number of phenolic OH excluding ortho intramolecular Hbond substituents is 2. The van der Waals surface area contributed by atoms with Crippen molar-refractivity contribution in [2.75, 3.05) is 6.54 Å². The lowest BCUT2D eigenvalue weighted by Crippen LogP contribution is -2.36. The molecule has 2 aromatic rings. The Morgan fingerprint density at radius 2 is 1.77 bits per heavy atom. The van der Waals surface area contributed by atoms with Crippen LogP contribution in [0.5, 0.6) is 11.5 Å². The normalized spacial score (nSPS) is 13.5. The molecule has 2 N–H and O–H groups in total. The Hall–Kier alpha value is -2.69. The first-order valence-electron chi connectivity index (χ1n) is 7.13. The first kappa shape index (κ1) is 14.3. The molecule has 0 bridgehead atoms. The molecule has 0 aromatic heterocycles. The third kappa shape index (κ3) is 2.98. The van der Waals surface area contributed by atoms with Crippen molar-refractivity contribution in [3.05, 3.63) is 59.2 Å². The van der Waals surface area contributed by atoms with Crippen molar-refractivity contribution in [1.29, 1.82) is 0 Å². The molecule has 1 heterocycles. The lowest BCUT2D eigenvalue weighted by Gasteiger charge is -2.28. The van der Waals surface area contributed by atoms with E-state index in [2.05, 4.69) is 0 Å². The number of fused-ring (bicyclic) bond motifs is 1. The smallest absolute Gasteiger partial charge is 0.410 e. The van der Waals surface area contributed by atoms with Gasteiger partial charge in [-0.05, 0) is 35.2 Å². The van der Waals surface area contributed by atoms with E-state index in [4.69, 9.17) is 4.74 Å². The second-order valence-corrected chi connectivity index (χ2v) is 5.32. The number of hydrogen-bond donors (Lipinski definition) is 2. The maximum Gasteiger partial charge on any atom is 0.410 e. The predicted molar refractivity (Wildman–Crippen MR) is 80.5 cm³/mol. The number of hydrogen-bond acceptors (Lipinski definition) is 4. The quantitative estimate of drug-likeness (QED) is 0.837. The average Bonchev–Trinajstić information content (AvgIpc) is 2.54. The van der Waals surface area contributed by atoms with Gasteiger partial charge in [0, 0.05) is 13.1 Å². The van der Waals surface area contributed by atoms with Gasteiger partial charge in [0.15, 0.2) is 11.5 Å². The number of carbonyl (C=O) groups excluding carboxylic acids is 1. The second-order valence-electron chi connectivity index (χ2n) is 5.32. The predicted octanol–water partition coefficient (Wildman–Crippen LogP) is 2.79. The molecule has 5 heteroatoms. The molecule has 0 atom stereocenters. The van der Waals surface area contributed by atoms with Gasteiger partial charge in [0.25, 0.3) is 0 Å². The molecule has 0 saturated carbocycles. The summed E-state index contributed by atoms with van der Waals surface area (Å²) in [7, 11) is 0. The third-order valence-corrected chi connectivity index (χ3v) is 3.77. The number of ether oxygens (including phenoxy) is 1. The van der Waals surface area contributed by atoms with Crippen molar-refractivity contribution < 1.29 is 19.7 Å². The van der Waals surface area contributed by atoms with Crippen LogP contribution in [0.15, 0.2) is 42.5 Å². The molecule has 114 valence electrons. The van der Waals surface area contributed by atoms with Crippen molar-refractivity contribution >= 4 is 6.09 Å². The van der Waals surface area contributed by atoms with E-state index in [-0.39, 0.29) is 24.2 Å². The SMILES string of the molecule is O=C(OCc1ccccc1)N1CCc2cc(O)c(O)cc2C1. The number of aromatic hydroxyl groups is 2. The van der Waals surface area contributed by atoms with E-state index in [1.54, 1.807) is 11.0 Å². The summed E-state index contributed by atoms with van der Waals surface area (Å²) < 4.78 is 5.31. The third-order valence-electron chi connectivity index (χ3n) is 3.77. The van der Waals surface area contributed by atoms with Gasteiger partial charge in [-0.2, -0.15) is 0 Å². The Balaban J connectivity index is 1.64. The molecule has 0 radical (unpaired) electrons. The lowest BCUT2D eigenvalue weighted by atomic mass is 9.99. The monoisotopic (exact) mass is 299 g/mol. The fourth-order valence-electron chi connectivity index (χ4n) is 2.55. The summed E-state index contributed by atoms with van der Waals surface area (Å²) in [4.78, 5) is 13.7. The minimum atomic E-state index is -0.373. The number of benzene rings is 2. The molecule has 0 spiro atoms. The zero-order valence-electron chi connectivity index (χ0n) is 12.0. The van der Waals surface area contributed by atoms with Gasteiger partial charge < -0.3 is 19.8 Å². The Morgan fingerprint density at radius 3 is 2.50 bits per heavy atom. The summed E-state index contributed by atoms with van der Waals surface area (Å²) in [6.07, 6.45) is 0.255. The highest BCUT2D eigenvalue weighted by atomic mass is 16.6. The molecule has 2 aromatic carbocycles.